The van der Waals surface area contributed by atoms with Crippen LogP contribution in [0, 0.1) is 4.77 Å². The van der Waals surface area contributed by atoms with E-state index in [0.717, 1.165) is 12.8 Å². The minimum atomic E-state index is -0.403. The summed E-state index contributed by atoms with van der Waals surface area (Å²) in [5.41, 5.74) is -0.403. The minimum absolute atomic E-state index is 0.0130. The van der Waals surface area contributed by atoms with Crippen molar-refractivity contribution in [3.05, 3.63) is 26.3 Å². The number of ether oxygens (including phenoxy) is 1. The van der Waals surface area contributed by atoms with Gasteiger partial charge in [0.05, 0.1) is 12.7 Å². The van der Waals surface area contributed by atoms with E-state index < -0.39 is 5.56 Å². The molecule has 2 rings (SSSR count). The summed E-state index contributed by atoms with van der Waals surface area (Å²) < 4.78 is 7.42. The van der Waals surface area contributed by atoms with Gasteiger partial charge in [-0.2, -0.15) is 0 Å². The third-order valence-corrected chi connectivity index (χ3v) is 3.11. The van der Waals surface area contributed by atoms with Crippen molar-refractivity contribution in [2.24, 2.45) is 0 Å². The Balaban J connectivity index is 2.32. The molecule has 0 aliphatic carbocycles. The first-order chi connectivity index (χ1) is 7.61. The van der Waals surface area contributed by atoms with Crippen LogP contribution in [0.3, 0.4) is 0 Å². The Morgan fingerprint density at radius 2 is 2.44 bits per heavy atom. The molecule has 1 aromatic heterocycles. The van der Waals surface area contributed by atoms with Crippen LogP contribution in [0.15, 0.2) is 11.0 Å². The fourth-order valence-corrected chi connectivity index (χ4v) is 2.12. The average Bonchev–Trinajstić information content (AvgIpc) is 2.71. The van der Waals surface area contributed by atoms with Crippen molar-refractivity contribution in [3.63, 3.8) is 0 Å². The molecule has 0 bridgehead atoms. The number of halogens is 1. The zero-order valence-electron chi connectivity index (χ0n) is 8.35. The summed E-state index contributed by atoms with van der Waals surface area (Å²) in [5, 5.41) is 9.03. The quantitative estimate of drug-likeness (QED) is 0.787. The van der Waals surface area contributed by atoms with Crippen molar-refractivity contribution < 1.29 is 9.84 Å². The van der Waals surface area contributed by atoms with Crippen LogP contribution >= 0.6 is 23.8 Å². The fourth-order valence-electron chi connectivity index (χ4n) is 1.70. The van der Waals surface area contributed by atoms with Crippen LogP contribution in [0.25, 0.3) is 0 Å². The summed E-state index contributed by atoms with van der Waals surface area (Å²) in [6.45, 7) is -0.0130. The van der Waals surface area contributed by atoms with Crippen LogP contribution in [0.5, 0.6) is 0 Å². The van der Waals surface area contributed by atoms with Crippen molar-refractivity contribution in [2.75, 3.05) is 6.61 Å². The highest BCUT2D eigenvalue weighted by Crippen LogP contribution is 2.28. The lowest BCUT2D eigenvalue weighted by atomic mass is 10.2. The number of H-pyrrole nitrogens is 1. The second kappa shape index (κ2) is 4.67. The first kappa shape index (κ1) is 11.8. The van der Waals surface area contributed by atoms with E-state index in [4.69, 9.17) is 33.7 Å². The topological polar surface area (TPSA) is 67.2 Å². The molecule has 2 N–H and O–H groups in total. The largest absolute Gasteiger partial charge is 0.394 e. The van der Waals surface area contributed by atoms with E-state index in [1.807, 2.05) is 0 Å². The molecule has 0 spiro atoms. The minimum Gasteiger partial charge on any atom is -0.394 e. The van der Waals surface area contributed by atoms with E-state index in [0.29, 0.717) is 0 Å². The van der Waals surface area contributed by atoms with Gasteiger partial charge in [-0.05, 0) is 25.1 Å². The predicted octanol–water partition coefficient (Wildman–Crippen LogP) is 1.23. The molecule has 88 valence electrons. The average molecular weight is 263 g/mol. The Bertz CT molecular complexity index is 498. The molecule has 1 aromatic rings. The Hall–Kier alpha value is -0.690. The van der Waals surface area contributed by atoms with Gasteiger partial charge in [0.15, 0.2) is 4.77 Å². The van der Waals surface area contributed by atoms with Crippen molar-refractivity contribution in [3.8, 4) is 0 Å². The summed E-state index contributed by atoms with van der Waals surface area (Å²) in [6.07, 6.45) is 2.53. The summed E-state index contributed by atoms with van der Waals surface area (Å²) in [5.74, 6) is 0. The van der Waals surface area contributed by atoms with Gasteiger partial charge in [-0.1, -0.05) is 11.6 Å². The molecule has 0 radical (unpaired) electrons. The summed E-state index contributed by atoms with van der Waals surface area (Å²) in [7, 11) is 0. The maximum Gasteiger partial charge on any atom is 0.270 e. The maximum atomic E-state index is 11.2. The number of rotatable bonds is 2. The van der Waals surface area contributed by atoms with Crippen LogP contribution in [0.4, 0.5) is 0 Å². The monoisotopic (exact) mass is 262 g/mol. The molecule has 0 saturated carbocycles. The normalized spacial score (nSPS) is 24.9. The highest BCUT2D eigenvalue weighted by Gasteiger charge is 2.26. The number of aromatic nitrogens is 2. The maximum absolute atomic E-state index is 11.2. The highest BCUT2D eigenvalue weighted by atomic mass is 35.5. The number of aromatic amines is 1. The molecule has 1 aliphatic rings. The number of aliphatic hydroxyl groups excluding tert-OH is 1. The van der Waals surface area contributed by atoms with Crippen molar-refractivity contribution in [1.29, 1.82) is 0 Å². The Morgan fingerprint density at radius 3 is 3.06 bits per heavy atom. The van der Waals surface area contributed by atoms with E-state index >= 15 is 0 Å². The van der Waals surface area contributed by atoms with E-state index in [1.54, 1.807) is 4.57 Å². The van der Waals surface area contributed by atoms with Gasteiger partial charge in [0.1, 0.15) is 11.3 Å². The third-order valence-electron chi connectivity index (χ3n) is 2.52. The number of nitrogens with one attached hydrogen (secondary N) is 1. The van der Waals surface area contributed by atoms with E-state index in [-0.39, 0.29) is 28.7 Å². The smallest absolute Gasteiger partial charge is 0.270 e. The zero-order valence-corrected chi connectivity index (χ0v) is 9.92. The van der Waals surface area contributed by atoms with Crippen LogP contribution in [0.2, 0.25) is 5.02 Å². The van der Waals surface area contributed by atoms with Gasteiger partial charge in [-0.15, -0.1) is 0 Å². The Morgan fingerprint density at radius 1 is 1.69 bits per heavy atom. The standard InChI is InChI=1S/C9H11ClN2O3S/c10-6-3-12(9(16)11-8(6)14)7-2-1-5(4-13)15-7/h3,5,7,13H,1-2,4H2,(H,11,14,16). The molecule has 0 aromatic carbocycles. The molecule has 2 unspecified atom stereocenters. The molecular formula is C9H11ClN2O3S. The summed E-state index contributed by atoms with van der Waals surface area (Å²) in [4.78, 5) is 13.6. The van der Waals surface area contributed by atoms with Crippen LogP contribution in [-0.2, 0) is 4.74 Å². The molecule has 7 heteroatoms. The van der Waals surface area contributed by atoms with Crippen molar-refractivity contribution >= 4 is 23.8 Å². The van der Waals surface area contributed by atoms with Crippen LogP contribution in [-0.4, -0.2) is 27.4 Å². The van der Waals surface area contributed by atoms with Gasteiger partial charge >= 0.3 is 0 Å². The molecule has 16 heavy (non-hydrogen) atoms. The predicted molar refractivity (Wildman–Crippen MR) is 61.1 cm³/mol. The van der Waals surface area contributed by atoms with Crippen molar-refractivity contribution in [1.82, 2.24) is 9.55 Å². The lowest BCUT2D eigenvalue weighted by Gasteiger charge is -2.15. The Labute approximate surface area is 102 Å². The lowest BCUT2D eigenvalue weighted by molar-refractivity contribution is -0.0237. The molecule has 1 aliphatic heterocycles. The Kier molecular flexibility index (Phi) is 3.44. The second-order valence-corrected chi connectivity index (χ2v) is 4.41. The first-order valence-electron chi connectivity index (χ1n) is 4.89. The summed E-state index contributed by atoms with van der Waals surface area (Å²) >= 11 is 10.7. The van der Waals surface area contributed by atoms with Gasteiger partial charge in [0.25, 0.3) is 5.56 Å². The third kappa shape index (κ3) is 2.20. The van der Waals surface area contributed by atoms with Crippen molar-refractivity contribution in [2.45, 2.75) is 25.2 Å². The number of hydrogen-bond donors (Lipinski definition) is 2. The molecule has 5 nitrogen and oxygen atoms in total. The highest BCUT2D eigenvalue weighted by molar-refractivity contribution is 7.71. The van der Waals surface area contributed by atoms with Gasteiger partial charge in [0.2, 0.25) is 0 Å². The molecule has 1 saturated heterocycles. The molecular weight excluding hydrogens is 252 g/mol. The van der Waals surface area contributed by atoms with Crippen LogP contribution < -0.4 is 5.56 Å². The van der Waals surface area contributed by atoms with E-state index in [1.165, 1.54) is 6.20 Å². The number of hydrogen-bond acceptors (Lipinski definition) is 4. The SMILES string of the molecule is O=c1[nH]c(=S)n(C2CCC(CO)O2)cc1Cl. The van der Waals surface area contributed by atoms with Gasteiger partial charge < -0.3 is 9.84 Å². The molecule has 0 amide bonds. The first-order valence-corrected chi connectivity index (χ1v) is 5.67. The van der Waals surface area contributed by atoms with E-state index in [2.05, 4.69) is 4.98 Å². The summed E-state index contributed by atoms with van der Waals surface area (Å²) in [6, 6.07) is 0. The number of aliphatic hydroxyl groups is 1. The second-order valence-electron chi connectivity index (χ2n) is 3.62. The van der Waals surface area contributed by atoms with Gasteiger partial charge in [0, 0.05) is 6.20 Å². The lowest BCUT2D eigenvalue weighted by Crippen LogP contribution is -2.19. The molecule has 2 atom stereocenters. The van der Waals surface area contributed by atoms with Crippen LogP contribution in [0.1, 0.15) is 19.1 Å². The van der Waals surface area contributed by atoms with E-state index in [9.17, 15) is 4.79 Å². The molecule has 1 fully saturated rings. The van der Waals surface area contributed by atoms with Gasteiger partial charge in [-0.3, -0.25) is 14.3 Å². The fraction of sp³-hybridized carbons (Fsp3) is 0.556. The van der Waals surface area contributed by atoms with Gasteiger partial charge in [-0.25, -0.2) is 0 Å². The zero-order chi connectivity index (χ0) is 11.7. The number of nitrogens with zero attached hydrogens (tertiary/aromatic N) is 1. The molecule has 2 heterocycles.